The molecule has 1 aromatic heterocycles. The molecule has 40 heavy (non-hydrogen) atoms. The van der Waals surface area contributed by atoms with Crippen molar-refractivity contribution in [3.63, 3.8) is 0 Å². The number of nitrogens with two attached hydrogens (primary N) is 1. The molecule has 15 nitrogen and oxygen atoms in total. The van der Waals surface area contributed by atoms with E-state index in [-0.39, 0.29) is 34.5 Å². The van der Waals surface area contributed by atoms with E-state index >= 15 is 0 Å². The molecule has 3 atom stereocenters. The topological polar surface area (TPSA) is 211 Å². The van der Waals surface area contributed by atoms with Gasteiger partial charge in [0.05, 0.1) is 27.6 Å². The Bertz CT molecular complexity index is 1290. The van der Waals surface area contributed by atoms with E-state index in [4.69, 9.17) is 20.4 Å². The summed E-state index contributed by atoms with van der Waals surface area (Å²) in [5.74, 6) is -4.57. The molecule has 0 aliphatic carbocycles. The number of nitrogen functional groups attached to an aromatic ring is 1. The third-order valence-corrected chi connectivity index (χ3v) is 7.45. The van der Waals surface area contributed by atoms with Gasteiger partial charge in [0.1, 0.15) is 29.4 Å². The van der Waals surface area contributed by atoms with Gasteiger partial charge >= 0.3 is 17.9 Å². The SMILES string of the molecule is C=CC1=C(C(=O)OC(CC(=O)O)C[N+](C)(C)C)N2C(=O)[C@@H](NC(=O)/C(=N\OCC(=O)O)c3csc(N)n3)[C@H]2SC1. The number of amides is 2. The number of hydrogen-bond donors (Lipinski definition) is 4. The molecule has 5 N–H and O–H groups in total. The standard InChI is InChI=1S/C23H28N6O9S2/c1-5-11-9-39-21-17(26-19(34)16(27-37-8-15(32)33)13-10-40-23(24)25-13)20(35)28(21)18(11)22(36)38-12(6-14(30)31)7-29(2,3)4/h5,10,12,17,21H,1,6-9H2,2-4H3,(H4-,24,25,26,30,31,32,33,34)/p+1/b27-16-/t12?,17-,21-/m1/s1. The number of carbonyl (C=O) groups is 5. The van der Waals surface area contributed by atoms with Gasteiger partial charge in [-0.1, -0.05) is 17.8 Å². The first-order chi connectivity index (χ1) is 18.7. The number of likely N-dealkylation sites (N-methyl/N-ethyl adjacent to an activating group) is 1. The summed E-state index contributed by atoms with van der Waals surface area (Å²) < 4.78 is 5.89. The van der Waals surface area contributed by atoms with Gasteiger partial charge in [-0.2, -0.15) is 0 Å². The van der Waals surface area contributed by atoms with Crippen molar-refractivity contribution >= 4 is 63.7 Å². The molecule has 2 aliphatic heterocycles. The minimum absolute atomic E-state index is 0.0187. The normalized spacial score (nSPS) is 19.7. The molecule has 1 saturated heterocycles. The Morgan fingerprint density at radius 3 is 2.58 bits per heavy atom. The summed E-state index contributed by atoms with van der Waals surface area (Å²) >= 11 is 2.28. The van der Waals surface area contributed by atoms with Crippen molar-refractivity contribution in [1.29, 1.82) is 0 Å². The van der Waals surface area contributed by atoms with Crippen molar-refractivity contribution in [2.45, 2.75) is 23.9 Å². The zero-order valence-corrected chi connectivity index (χ0v) is 23.5. The predicted molar refractivity (Wildman–Crippen MR) is 144 cm³/mol. The van der Waals surface area contributed by atoms with Gasteiger partial charge in [0, 0.05) is 11.1 Å². The summed E-state index contributed by atoms with van der Waals surface area (Å²) in [6.45, 7) is 3.11. The summed E-state index contributed by atoms with van der Waals surface area (Å²) in [6.07, 6.45) is 0.0386. The van der Waals surface area contributed by atoms with Crippen LogP contribution in [-0.4, -0.2) is 118 Å². The van der Waals surface area contributed by atoms with E-state index in [9.17, 15) is 29.1 Å². The molecule has 17 heteroatoms. The number of nitrogens with one attached hydrogen (secondary N) is 1. The molecular formula is C23H29N6O9S2+. The third-order valence-electron chi connectivity index (χ3n) is 5.47. The van der Waals surface area contributed by atoms with Crippen LogP contribution in [0.3, 0.4) is 0 Å². The number of β-lactam (4-membered cyclic amide) rings is 1. The highest BCUT2D eigenvalue weighted by molar-refractivity contribution is 8.00. The fourth-order valence-corrected chi connectivity index (χ4v) is 5.80. The van der Waals surface area contributed by atoms with Crippen molar-refractivity contribution in [3.05, 3.63) is 35.0 Å². The Morgan fingerprint density at radius 1 is 1.32 bits per heavy atom. The van der Waals surface area contributed by atoms with Crippen LogP contribution in [0.15, 0.2) is 34.5 Å². The first-order valence-electron chi connectivity index (χ1n) is 11.7. The largest absolute Gasteiger partial charge is 0.481 e. The van der Waals surface area contributed by atoms with Gasteiger partial charge in [-0.25, -0.2) is 14.6 Å². The van der Waals surface area contributed by atoms with Crippen molar-refractivity contribution in [1.82, 2.24) is 15.2 Å². The lowest BCUT2D eigenvalue weighted by molar-refractivity contribution is -0.873. The van der Waals surface area contributed by atoms with Gasteiger partial charge in [-0.3, -0.25) is 19.3 Å². The summed E-state index contributed by atoms with van der Waals surface area (Å²) in [6, 6.07) is -1.08. The Kier molecular flexibility index (Phi) is 9.54. The van der Waals surface area contributed by atoms with E-state index in [0.29, 0.717) is 10.1 Å². The number of thioether (sulfide) groups is 1. The second-order valence-electron chi connectivity index (χ2n) is 9.72. The van der Waals surface area contributed by atoms with Crippen LogP contribution in [0, 0.1) is 0 Å². The maximum atomic E-state index is 13.3. The molecule has 2 aliphatic rings. The van der Waals surface area contributed by atoms with Gasteiger partial charge in [0.25, 0.3) is 11.8 Å². The molecule has 0 aromatic carbocycles. The number of aliphatic carboxylic acids is 2. The lowest BCUT2D eigenvalue weighted by Gasteiger charge is -2.49. The number of quaternary nitrogens is 1. The maximum Gasteiger partial charge on any atom is 0.355 e. The lowest BCUT2D eigenvalue weighted by atomic mass is 10.0. The molecule has 3 rings (SSSR count). The molecule has 1 aromatic rings. The summed E-state index contributed by atoms with van der Waals surface area (Å²) in [5, 5.41) is 25.0. The quantitative estimate of drug-likeness (QED) is 0.0743. The van der Waals surface area contributed by atoms with Gasteiger partial charge in [0.15, 0.2) is 16.9 Å². The Hall–Kier alpha value is -3.96. The van der Waals surface area contributed by atoms with E-state index in [2.05, 4.69) is 22.0 Å². The zero-order chi connectivity index (χ0) is 29.8. The molecule has 1 fully saturated rings. The number of anilines is 1. The fraction of sp³-hybridized carbons (Fsp3) is 0.435. The highest BCUT2D eigenvalue weighted by atomic mass is 32.2. The first kappa shape index (κ1) is 30.6. The number of esters is 1. The highest BCUT2D eigenvalue weighted by Gasteiger charge is 2.54. The summed E-state index contributed by atoms with van der Waals surface area (Å²) in [4.78, 5) is 71.5. The molecule has 0 spiro atoms. The van der Waals surface area contributed by atoms with Gasteiger partial charge in [-0.05, 0) is 5.57 Å². The van der Waals surface area contributed by atoms with Crippen LogP contribution < -0.4 is 11.1 Å². The van der Waals surface area contributed by atoms with Crippen molar-refractivity contribution < 1.29 is 48.2 Å². The number of oxime groups is 1. The average molecular weight is 598 g/mol. The van der Waals surface area contributed by atoms with E-state index in [1.54, 1.807) is 0 Å². The van der Waals surface area contributed by atoms with Crippen LogP contribution >= 0.6 is 23.1 Å². The van der Waals surface area contributed by atoms with Crippen LogP contribution in [0.5, 0.6) is 0 Å². The van der Waals surface area contributed by atoms with E-state index in [0.717, 1.165) is 11.3 Å². The van der Waals surface area contributed by atoms with Crippen LogP contribution in [0.25, 0.3) is 0 Å². The van der Waals surface area contributed by atoms with Crippen LogP contribution in [0.1, 0.15) is 12.1 Å². The number of carboxylic acids is 2. The molecule has 0 bridgehead atoms. The second kappa shape index (κ2) is 12.5. The van der Waals surface area contributed by atoms with E-state index in [1.165, 1.54) is 28.1 Å². The highest BCUT2D eigenvalue weighted by Crippen LogP contribution is 2.41. The molecule has 2 amide bonds. The maximum absolute atomic E-state index is 13.3. The zero-order valence-electron chi connectivity index (χ0n) is 21.9. The minimum atomic E-state index is -1.32. The van der Waals surface area contributed by atoms with Crippen molar-refractivity contribution in [2.75, 3.05) is 45.8 Å². The van der Waals surface area contributed by atoms with Crippen LogP contribution in [0.2, 0.25) is 0 Å². The van der Waals surface area contributed by atoms with E-state index in [1.807, 2.05) is 21.1 Å². The van der Waals surface area contributed by atoms with Gasteiger partial charge in [0.2, 0.25) is 6.61 Å². The van der Waals surface area contributed by atoms with Crippen molar-refractivity contribution in [3.8, 4) is 0 Å². The number of carboxylic acid groups (broad SMARTS) is 2. The third kappa shape index (κ3) is 7.36. The van der Waals surface area contributed by atoms with Crippen LogP contribution in [0.4, 0.5) is 5.13 Å². The van der Waals surface area contributed by atoms with E-state index < -0.39 is 60.3 Å². The molecular weight excluding hydrogens is 568 g/mol. The fourth-order valence-electron chi connectivity index (χ4n) is 3.91. The smallest absolute Gasteiger partial charge is 0.355 e. The predicted octanol–water partition coefficient (Wildman–Crippen LogP) is -0.537. The number of thiazole rings is 1. The monoisotopic (exact) mass is 597 g/mol. The first-order valence-corrected chi connectivity index (χ1v) is 13.6. The summed E-state index contributed by atoms with van der Waals surface area (Å²) in [5.41, 5.74) is 5.62. The molecule has 3 heterocycles. The molecule has 216 valence electrons. The van der Waals surface area contributed by atoms with Crippen molar-refractivity contribution in [2.24, 2.45) is 5.16 Å². The summed E-state index contributed by atoms with van der Waals surface area (Å²) in [7, 11) is 5.46. The number of rotatable bonds is 13. The van der Waals surface area contributed by atoms with Gasteiger partial charge < -0.3 is 35.3 Å². The average Bonchev–Trinajstić information content (AvgIpc) is 3.27. The molecule has 1 unspecified atom stereocenters. The molecule has 0 radical (unpaired) electrons. The number of carbonyl (C=O) groups excluding carboxylic acids is 3. The number of ether oxygens (including phenoxy) is 1. The minimum Gasteiger partial charge on any atom is -0.481 e. The lowest BCUT2D eigenvalue weighted by Crippen LogP contribution is -2.71. The number of aromatic nitrogens is 1. The second-order valence-corrected chi connectivity index (χ2v) is 11.7. The molecule has 0 saturated carbocycles. The Labute approximate surface area is 236 Å². The Morgan fingerprint density at radius 2 is 2.02 bits per heavy atom. The number of nitrogens with zero attached hydrogens (tertiary/aromatic N) is 4. The Balaban J connectivity index is 1.80. The van der Waals surface area contributed by atoms with Crippen LogP contribution in [-0.2, 0) is 33.5 Å². The van der Waals surface area contributed by atoms with Gasteiger partial charge in [-0.15, -0.1) is 23.1 Å². The number of hydrogen-bond acceptors (Lipinski definition) is 12. The number of fused-ring (bicyclic) bond motifs is 1. The number of allylic oxidation sites excluding steroid dienone is 1.